The zero-order valence-electron chi connectivity index (χ0n) is 15.4. The second-order valence-electron chi connectivity index (χ2n) is 6.55. The minimum absolute atomic E-state index is 0.108. The fourth-order valence-electron chi connectivity index (χ4n) is 2.61. The third kappa shape index (κ3) is 4.56. The van der Waals surface area contributed by atoms with Gasteiger partial charge in [-0.2, -0.15) is 0 Å². The van der Waals surface area contributed by atoms with Gasteiger partial charge in [0.1, 0.15) is 0 Å². The molecular weight excluding hydrogens is 338 g/mol. The van der Waals surface area contributed by atoms with Crippen molar-refractivity contribution in [2.45, 2.75) is 32.0 Å². The lowest BCUT2D eigenvalue weighted by Gasteiger charge is -2.20. The monoisotopic (exact) mass is 363 g/mol. The quantitative estimate of drug-likeness (QED) is 0.785. The number of benzene rings is 1. The lowest BCUT2D eigenvalue weighted by atomic mass is 10.1. The number of pyridine rings is 1. The van der Waals surface area contributed by atoms with Crippen LogP contribution in [-0.2, 0) is 23.2 Å². The molecule has 0 radical (unpaired) electrons. The van der Waals surface area contributed by atoms with Crippen LogP contribution in [0.5, 0.6) is 0 Å². The second kappa shape index (κ2) is 7.51. The van der Waals surface area contributed by atoms with Crippen LogP contribution in [0.25, 0.3) is 0 Å². The van der Waals surface area contributed by atoms with Crippen molar-refractivity contribution in [3.05, 3.63) is 63.6 Å². The first-order valence-corrected chi connectivity index (χ1v) is 9.43. The van der Waals surface area contributed by atoms with Gasteiger partial charge in [-0.3, -0.25) is 9.69 Å². The minimum Gasteiger partial charge on any atom is -0.301 e. The largest absolute Gasteiger partial charge is 0.301 e. The number of hydrogen-bond donors (Lipinski definition) is 0. The maximum absolute atomic E-state index is 12.2. The summed E-state index contributed by atoms with van der Waals surface area (Å²) in [6.45, 7) is 5.09. The van der Waals surface area contributed by atoms with Crippen molar-refractivity contribution >= 4 is 10.0 Å². The number of sulfonamides is 1. The van der Waals surface area contributed by atoms with E-state index in [-0.39, 0.29) is 10.5 Å². The maximum Gasteiger partial charge on any atom is 0.251 e. The van der Waals surface area contributed by atoms with Crippen molar-refractivity contribution in [1.29, 1.82) is 0 Å². The zero-order chi connectivity index (χ0) is 18.8. The Morgan fingerprint density at radius 3 is 2.32 bits per heavy atom. The van der Waals surface area contributed by atoms with Crippen LogP contribution in [0, 0.1) is 13.8 Å². The number of aromatic nitrogens is 1. The summed E-state index contributed by atoms with van der Waals surface area (Å²) in [5, 5.41) is 0. The third-order valence-corrected chi connectivity index (χ3v) is 5.87. The molecule has 0 aliphatic rings. The summed E-state index contributed by atoms with van der Waals surface area (Å²) >= 11 is 0. The lowest BCUT2D eigenvalue weighted by Crippen LogP contribution is -2.31. The topological polar surface area (TPSA) is 62.6 Å². The fourth-order valence-corrected chi connectivity index (χ4v) is 3.53. The Balaban J connectivity index is 2.23. The molecule has 0 bridgehead atoms. The van der Waals surface area contributed by atoms with Crippen molar-refractivity contribution < 1.29 is 8.42 Å². The van der Waals surface area contributed by atoms with E-state index in [0.29, 0.717) is 13.2 Å². The molecule has 0 saturated heterocycles. The van der Waals surface area contributed by atoms with Crippen molar-refractivity contribution in [1.82, 2.24) is 13.8 Å². The highest BCUT2D eigenvalue weighted by molar-refractivity contribution is 7.89. The predicted molar refractivity (Wildman–Crippen MR) is 99.0 cm³/mol. The number of rotatable bonds is 6. The standard InChI is InChI=1S/C18H25N3O3S/c1-14-6-7-16(15(2)10-14)11-20(5)13-21-12-17(8-9-18(21)22)25(23,24)19(3)4/h6-10,12H,11,13H2,1-5H3. The summed E-state index contributed by atoms with van der Waals surface area (Å²) in [7, 11) is 1.27. The van der Waals surface area contributed by atoms with E-state index in [9.17, 15) is 13.2 Å². The van der Waals surface area contributed by atoms with Crippen LogP contribution in [0.3, 0.4) is 0 Å². The molecule has 0 amide bonds. The van der Waals surface area contributed by atoms with E-state index in [1.54, 1.807) is 0 Å². The fraction of sp³-hybridized carbons (Fsp3) is 0.389. The van der Waals surface area contributed by atoms with E-state index >= 15 is 0 Å². The molecule has 7 heteroatoms. The number of aryl methyl sites for hydroxylation is 2. The molecule has 0 atom stereocenters. The predicted octanol–water partition coefficient (Wildman–Crippen LogP) is 1.80. The van der Waals surface area contributed by atoms with E-state index in [1.807, 2.05) is 11.9 Å². The first kappa shape index (κ1) is 19.4. The molecule has 2 aromatic rings. The average molecular weight is 363 g/mol. The molecule has 25 heavy (non-hydrogen) atoms. The smallest absolute Gasteiger partial charge is 0.251 e. The molecule has 2 rings (SSSR count). The Hall–Kier alpha value is -1.96. The Bertz CT molecular complexity index is 917. The molecule has 0 unspecified atom stereocenters. The lowest BCUT2D eigenvalue weighted by molar-refractivity contribution is 0.255. The normalized spacial score (nSPS) is 12.1. The molecule has 6 nitrogen and oxygen atoms in total. The van der Waals surface area contributed by atoms with Crippen LogP contribution in [0.15, 0.2) is 46.2 Å². The molecule has 0 aliphatic carbocycles. The van der Waals surface area contributed by atoms with E-state index in [4.69, 9.17) is 0 Å². The molecule has 1 aromatic carbocycles. The Labute approximate surface area is 149 Å². The highest BCUT2D eigenvalue weighted by Gasteiger charge is 2.18. The van der Waals surface area contributed by atoms with E-state index in [1.165, 1.54) is 53.7 Å². The minimum atomic E-state index is -3.57. The van der Waals surface area contributed by atoms with Crippen LogP contribution in [-0.4, -0.2) is 43.3 Å². The summed E-state index contributed by atoms with van der Waals surface area (Å²) < 4.78 is 27.0. The Morgan fingerprint density at radius 1 is 1.04 bits per heavy atom. The van der Waals surface area contributed by atoms with Gasteiger partial charge >= 0.3 is 0 Å². The summed E-state index contributed by atoms with van der Waals surface area (Å²) in [5.41, 5.74) is 3.35. The van der Waals surface area contributed by atoms with Gasteiger partial charge in [-0.05, 0) is 38.1 Å². The van der Waals surface area contributed by atoms with Crippen LogP contribution in [0.1, 0.15) is 16.7 Å². The molecule has 0 fully saturated rings. The van der Waals surface area contributed by atoms with Gasteiger partial charge in [0.25, 0.3) is 5.56 Å². The summed E-state index contributed by atoms with van der Waals surface area (Å²) in [6.07, 6.45) is 1.40. The van der Waals surface area contributed by atoms with Gasteiger partial charge in [0.05, 0.1) is 11.6 Å². The van der Waals surface area contributed by atoms with Gasteiger partial charge in [-0.15, -0.1) is 0 Å². The summed E-state index contributed by atoms with van der Waals surface area (Å²) in [6, 6.07) is 8.91. The van der Waals surface area contributed by atoms with Gasteiger partial charge in [0, 0.05) is 32.9 Å². The first-order chi connectivity index (χ1) is 11.6. The van der Waals surface area contributed by atoms with Crippen molar-refractivity contribution in [3.8, 4) is 0 Å². The molecule has 136 valence electrons. The molecule has 1 heterocycles. The van der Waals surface area contributed by atoms with E-state index in [2.05, 4.69) is 32.0 Å². The number of nitrogens with zero attached hydrogens (tertiary/aromatic N) is 3. The molecule has 0 N–H and O–H groups in total. The maximum atomic E-state index is 12.2. The SMILES string of the molecule is Cc1ccc(CN(C)Cn2cc(S(=O)(=O)N(C)C)ccc2=O)c(C)c1. The molecular formula is C18H25N3O3S. The van der Waals surface area contributed by atoms with Gasteiger partial charge in [-0.1, -0.05) is 23.8 Å². The highest BCUT2D eigenvalue weighted by Crippen LogP contribution is 2.14. The summed E-state index contributed by atoms with van der Waals surface area (Å²) in [5.74, 6) is 0. The van der Waals surface area contributed by atoms with Gasteiger partial charge in [0.15, 0.2) is 0 Å². The Morgan fingerprint density at radius 2 is 1.72 bits per heavy atom. The van der Waals surface area contributed by atoms with Crippen LogP contribution in [0.2, 0.25) is 0 Å². The Kier molecular flexibility index (Phi) is 5.82. The molecule has 1 aromatic heterocycles. The van der Waals surface area contributed by atoms with Gasteiger partial charge in [-0.25, -0.2) is 12.7 Å². The van der Waals surface area contributed by atoms with Crippen molar-refractivity contribution in [3.63, 3.8) is 0 Å². The van der Waals surface area contributed by atoms with Crippen molar-refractivity contribution in [2.75, 3.05) is 21.1 Å². The molecule has 0 aliphatic heterocycles. The second-order valence-corrected chi connectivity index (χ2v) is 8.70. The van der Waals surface area contributed by atoms with Gasteiger partial charge in [0.2, 0.25) is 10.0 Å². The third-order valence-electron chi connectivity index (χ3n) is 4.07. The number of hydrogen-bond acceptors (Lipinski definition) is 4. The van der Waals surface area contributed by atoms with Gasteiger partial charge < -0.3 is 4.57 Å². The average Bonchev–Trinajstić information content (AvgIpc) is 2.52. The highest BCUT2D eigenvalue weighted by atomic mass is 32.2. The zero-order valence-corrected chi connectivity index (χ0v) is 16.2. The van der Waals surface area contributed by atoms with Crippen LogP contribution in [0.4, 0.5) is 0 Å². The van der Waals surface area contributed by atoms with Crippen LogP contribution >= 0.6 is 0 Å². The van der Waals surface area contributed by atoms with E-state index in [0.717, 1.165) is 4.31 Å². The van der Waals surface area contributed by atoms with Crippen LogP contribution < -0.4 is 5.56 Å². The van der Waals surface area contributed by atoms with Crippen molar-refractivity contribution in [2.24, 2.45) is 0 Å². The summed E-state index contributed by atoms with van der Waals surface area (Å²) in [4.78, 5) is 14.2. The molecule has 0 spiro atoms. The first-order valence-electron chi connectivity index (χ1n) is 7.99. The molecule has 0 saturated carbocycles. The van der Waals surface area contributed by atoms with E-state index < -0.39 is 10.0 Å².